The number of halogens is 1. The highest BCUT2D eigenvalue weighted by atomic mass is 19.1. The second-order valence-electron chi connectivity index (χ2n) is 6.38. The monoisotopic (exact) mass is 378 g/mol. The Morgan fingerprint density at radius 3 is 2.39 bits per heavy atom. The van der Waals surface area contributed by atoms with Crippen LogP contribution in [0.1, 0.15) is 22.9 Å². The van der Waals surface area contributed by atoms with Crippen molar-refractivity contribution >= 4 is 23.3 Å². The van der Waals surface area contributed by atoms with Gasteiger partial charge in [0.2, 0.25) is 0 Å². The van der Waals surface area contributed by atoms with Gasteiger partial charge in [-0.15, -0.1) is 0 Å². The second-order valence-corrected chi connectivity index (χ2v) is 6.38. The number of aromatic nitrogens is 1. The molecule has 1 fully saturated rings. The van der Waals surface area contributed by atoms with Crippen molar-refractivity contribution in [3.8, 4) is 0 Å². The number of ketones is 1. The fraction of sp³-hybridized carbons (Fsp3) is 0.0952. The van der Waals surface area contributed by atoms with Gasteiger partial charge in [-0.05, 0) is 24.6 Å². The van der Waals surface area contributed by atoms with Crippen molar-refractivity contribution in [2.24, 2.45) is 0 Å². The Bertz CT molecular complexity index is 1090. The summed E-state index contributed by atoms with van der Waals surface area (Å²) < 4.78 is 18.5. The topological polar surface area (TPSA) is 83.6 Å². The Labute approximate surface area is 159 Å². The van der Waals surface area contributed by atoms with E-state index in [-0.39, 0.29) is 17.2 Å². The quantitative estimate of drug-likeness (QED) is 0.426. The van der Waals surface area contributed by atoms with Crippen molar-refractivity contribution in [3.05, 3.63) is 88.9 Å². The van der Waals surface area contributed by atoms with Crippen LogP contribution in [0.3, 0.4) is 0 Å². The lowest BCUT2D eigenvalue weighted by Crippen LogP contribution is -2.29. The van der Waals surface area contributed by atoms with Crippen molar-refractivity contribution in [3.63, 3.8) is 0 Å². The van der Waals surface area contributed by atoms with Gasteiger partial charge >= 0.3 is 5.91 Å². The van der Waals surface area contributed by atoms with Gasteiger partial charge in [0.05, 0.1) is 11.6 Å². The summed E-state index contributed by atoms with van der Waals surface area (Å²) in [5, 5.41) is 14.7. The molecule has 2 heterocycles. The van der Waals surface area contributed by atoms with E-state index in [4.69, 9.17) is 4.52 Å². The molecule has 28 heavy (non-hydrogen) atoms. The van der Waals surface area contributed by atoms with E-state index in [1.165, 1.54) is 30.3 Å². The number of benzene rings is 2. The zero-order chi connectivity index (χ0) is 19.8. The molecule has 0 aliphatic carbocycles. The first-order chi connectivity index (χ1) is 13.5. The number of nitrogens with zero attached hydrogens (tertiary/aromatic N) is 2. The highest BCUT2D eigenvalue weighted by Gasteiger charge is 2.48. The van der Waals surface area contributed by atoms with Crippen LogP contribution in [0.5, 0.6) is 0 Å². The normalized spacial score (nSPS) is 18.6. The van der Waals surface area contributed by atoms with E-state index in [2.05, 4.69) is 5.16 Å². The minimum absolute atomic E-state index is 0.0940. The third-order valence-corrected chi connectivity index (χ3v) is 4.54. The first-order valence-electron chi connectivity index (χ1n) is 8.52. The predicted molar refractivity (Wildman–Crippen MR) is 98.9 cm³/mol. The van der Waals surface area contributed by atoms with E-state index in [1.807, 2.05) is 0 Å². The van der Waals surface area contributed by atoms with Gasteiger partial charge in [-0.1, -0.05) is 47.6 Å². The van der Waals surface area contributed by atoms with Crippen LogP contribution >= 0.6 is 0 Å². The maximum Gasteiger partial charge on any atom is 0.301 e. The fourth-order valence-corrected chi connectivity index (χ4v) is 3.25. The molecule has 2 aromatic carbocycles. The Balaban J connectivity index is 1.94. The minimum atomic E-state index is -0.967. The van der Waals surface area contributed by atoms with E-state index >= 15 is 0 Å². The van der Waals surface area contributed by atoms with Gasteiger partial charge in [0, 0.05) is 11.6 Å². The lowest BCUT2D eigenvalue weighted by Gasteiger charge is -2.22. The van der Waals surface area contributed by atoms with E-state index in [0.29, 0.717) is 16.9 Å². The molecule has 3 aromatic rings. The van der Waals surface area contributed by atoms with Crippen LogP contribution in [-0.2, 0) is 9.59 Å². The van der Waals surface area contributed by atoms with Gasteiger partial charge in [0.25, 0.3) is 5.78 Å². The standard InChI is InChI=1S/C21H15FN2O4/c1-12-11-16(23-28-12)24-18(13-7-9-15(22)10-8-13)17(20(26)21(24)27)19(25)14-5-3-2-4-6-14/h2-11,18,25H,1H3. The molecule has 1 aliphatic heterocycles. The summed E-state index contributed by atoms with van der Waals surface area (Å²) in [6, 6.07) is 14.4. The molecule has 6 nitrogen and oxygen atoms in total. The summed E-state index contributed by atoms with van der Waals surface area (Å²) in [5.41, 5.74) is 0.756. The molecular formula is C21H15FN2O4. The second kappa shape index (κ2) is 6.77. The molecule has 1 saturated heterocycles. The summed E-state index contributed by atoms with van der Waals surface area (Å²) in [4.78, 5) is 26.8. The number of anilines is 1. The van der Waals surface area contributed by atoms with Crippen LogP contribution in [0.2, 0.25) is 0 Å². The van der Waals surface area contributed by atoms with Crippen molar-refractivity contribution in [1.82, 2.24) is 5.16 Å². The van der Waals surface area contributed by atoms with Crippen LogP contribution in [0.25, 0.3) is 5.76 Å². The first-order valence-corrected chi connectivity index (χ1v) is 8.52. The molecule has 1 amide bonds. The van der Waals surface area contributed by atoms with Crippen LogP contribution in [0.4, 0.5) is 10.2 Å². The zero-order valence-corrected chi connectivity index (χ0v) is 14.8. The molecule has 7 heteroatoms. The zero-order valence-electron chi connectivity index (χ0n) is 14.8. The van der Waals surface area contributed by atoms with Gasteiger partial charge < -0.3 is 9.63 Å². The number of hydrogen-bond acceptors (Lipinski definition) is 5. The molecular weight excluding hydrogens is 363 g/mol. The molecule has 1 aliphatic rings. The van der Waals surface area contributed by atoms with Crippen molar-refractivity contribution in [2.75, 3.05) is 4.90 Å². The Morgan fingerprint density at radius 2 is 1.79 bits per heavy atom. The third kappa shape index (κ3) is 2.87. The largest absolute Gasteiger partial charge is 0.507 e. The molecule has 0 saturated carbocycles. The molecule has 4 rings (SSSR count). The van der Waals surface area contributed by atoms with Crippen molar-refractivity contribution < 1.29 is 23.6 Å². The summed E-state index contributed by atoms with van der Waals surface area (Å²) >= 11 is 0. The summed E-state index contributed by atoms with van der Waals surface area (Å²) in [7, 11) is 0. The van der Waals surface area contributed by atoms with E-state index in [0.717, 1.165) is 4.90 Å². The minimum Gasteiger partial charge on any atom is -0.507 e. The number of Topliss-reactive ketones (excluding diaryl/α,β-unsaturated/α-hetero) is 1. The smallest absolute Gasteiger partial charge is 0.301 e. The molecule has 0 spiro atoms. The molecule has 1 atom stereocenters. The van der Waals surface area contributed by atoms with E-state index < -0.39 is 23.5 Å². The molecule has 1 aromatic heterocycles. The van der Waals surface area contributed by atoms with Crippen molar-refractivity contribution in [1.29, 1.82) is 0 Å². The molecule has 0 bridgehead atoms. The Morgan fingerprint density at radius 1 is 1.11 bits per heavy atom. The fourth-order valence-electron chi connectivity index (χ4n) is 3.25. The highest BCUT2D eigenvalue weighted by molar-refractivity contribution is 6.51. The van der Waals surface area contributed by atoms with Gasteiger partial charge in [0.15, 0.2) is 5.82 Å². The number of aliphatic hydroxyl groups excluding tert-OH is 1. The maximum atomic E-state index is 13.4. The lowest BCUT2D eigenvalue weighted by atomic mass is 9.95. The molecule has 140 valence electrons. The maximum absolute atomic E-state index is 13.4. The number of carbonyl (C=O) groups excluding carboxylic acids is 2. The van der Waals surface area contributed by atoms with Crippen LogP contribution < -0.4 is 4.90 Å². The van der Waals surface area contributed by atoms with E-state index in [9.17, 15) is 19.1 Å². The number of aryl methyl sites for hydroxylation is 1. The Hall–Kier alpha value is -3.74. The average Bonchev–Trinajstić information content (AvgIpc) is 3.24. The van der Waals surface area contributed by atoms with Crippen LogP contribution in [-0.4, -0.2) is 22.0 Å². The van der Waals surface area contributed by atoms with Gasteiger partial charge in [-0.25, -0.2) is 4.39 Å². The molecule has 1 N–H and O–H groups in total. The van der Waals surface area contributed by atoms with Crippen molar-refractivity contribution in [2.45, 2.75) is 13.0 Å². The number of carbonyl (C=O) groups is 2. The first kappa shape index (κ1) is 17.7. The average molecular weight is 378 g/mol. The third-order valence-electron chi connectivity index (χ3n) is 4.54. The number of amides is 1. The SMILES string of the molecule is Cc1cc(N2C(=O)C(=O)C(=C(O)c3ccccc3)C2c2ccc(F)cc2)no1. The molecule has 0 radical (unpaired) electrons. The van der Waals surface area contributed by atoms with Gasteiger partial charge in [0.1, 0.15) is 17.3 Å². The van der Waals surface area contributed by atoms with Gasteiger partial charge in [-0.2, -0.15) is 0 Å². The van der Waals surface area contributed by atoms with Gasteiger partial charge in [-0.3, -0.25) is 14.5 Å². The molecule has 1 unspecified atom stereocenters. The van der Waals surface area contributed by atoms with Crippen LogP contribution in [0.15, 0.2) is 70.8 Å². The highest BCUT2D eigenvalue weighted by Crippen LogP contribution is 2.41. The Kier molecular flexibility index (Phi) is 4.27. The number of hydrogen-bond donors (Lipinski definition) is 1. The summed E-state index contributed by atoms with van der Waals surface area (Å²) in [5.74, 6) is -1.87. The predicted octanol–water partition coefficient (Wildman–Crippen LogP) is 3.75. The van der Waals surface area contributed by atoms with Crippen LogP contribution in [0, 0.1) is 12.7 Å². The summed E-state index contributed by atoms with van der Waals surface area (Å²) in [6.07, 6.45) is 0. The summed E-state index contributed by atoms with van der Waals surface area (Å²) in [6.45, 7) is 1.66. The lowest BCUT2D eigenvalue weighted by molar-refractivity contribution is -0.132. The van der Waals surface area contributed by atoms with E-state index in [1.54, 1.807) is 37.3 Å². The number of aliphatic hydroxyl groups is 1. The number of rotatable bonds is 3.